The summed E-state index contributed by atoms with van der Waals surface area (Å²) in [5.41, 5.74) is 3.41. The molecule has 0 saturated heterocycles. The van der Waals surface area contributed by atoms with Gasteiger partial charge in [0.05, 0.1) is 12.2 Å². The van der Waals surface area contributed by atoms with Crippen LogP contribution in [-0.2, 0) is 20.1 Å². The molecule has 2 aromatic carbocycles. The summed E-state index contributed by atoms with van der Waals surface area (Å²) < 4.78 is 0. The van der Waals surface area contributed by atoms with Gasteiger partial charge in [-0.3, -0.25) is 0 Å². The fourth-order valence-corrected chi connectivity index (χ4v) is 5.45. The first-order valence-corrected chi connectivity index (χ1v) is 12.3. The van der Waals surface area contributed by atoms with Gasteiger partial charge in [-0.2, -0.15) is 0 Å². The van der Waals surface area contributed by atoms with Crippen LogP contribution in [0.1, 0.15) is 70.3 Å². The van der Waals surface area contributed by atoms with Crippen molar-refractivity contribution in [3.05, 3.63) is 66.4 Å². The second-order valence-electron chi connectivity index (χ2n) is 9.76. The molecule has 2 saturated carbocycles. The van der Waals surface area contributed by atoms with Crippen molar-refractivity contribution in [3.63, 3.8) is 0 Å². The third kappa shape index (κ3) is 6.31. The number of hydrogen-bond acceptors (Lipinski definition) is 3. The summed E-state index contributed by atoms with van der Waals surface area (Å²) in [6, 6.07) is 20.0. The van der Waals surface area contributed by atoms with Crippen LogP contribution < -0.4 is 0 Å². The molecule has 4 unspecified atom stereocenters. The van der Waals surface area contributed by atoms with Crippen LogP contribution in [0.15, 0.2) is 54.7 Å². The largest absolute Gasteiger partial charge is 0.393 e. The van der Waals surface area contributed by atoms with E-state index in [0.29, 0.717) is 11.8 Å². The van der Waals surface area contributed by atoms with Crippen LogP contribution in [-0.4, -0.2) is 27.4 Å². The minimum Gasteiger partial charge on any atom is -0.393 e. The first kappa shape index (κ1) is 26.0. The Balaban J connectivity index is 0.000000192. The molecule has 0 spiro atoms. The zero-order valence-corrected chi connectivity index (χ0v) is 22.1. The van der Waals surface area contributed by atoms with E-state index in [4.69, 9.17) is 0 Å². The van der Waals surface area contributed by atoms with Gasteiger partial charge in [-0.1, -0.05) is 51.3 Å². The van der Waals surface area contributed by atoms with Crippen LogP contribution in [0.2, 0.25) is 0 Å². The number of fused-ring (bicyclic) bond motifs is 2. The third-order valence-electron chi connectivity index (χ3n) is 7.25. The monoisotopic (exact) mass is 623 g/mol. The summed E-state index contributed by atoms with van der Waals surface area (Å²) in [5, 5.41) is 22.2. The Labute approximate surface area is 212 Å². The molecular weight excluding hydrogens is 587 g/mol. The van der Waals surface area contributed by atoms with Crippen molar-refractivity contribution in [2.75, 3.05) is 0 Å². The standard InChI is InChI=1S/C18H16N.C11H20O2.Ir/c1-13(2)16-9-8-14-10-11-19-18(17(14)12-16)15-6-4-3-5-7-15;12-9-6-2-1-4-8-5-3-7-10(13)11(8)9;/h3-6,8-13H,1-2H3;8-13H,1-7H2;/q-1;;. The second-order valence-corrected chi connectivity index (χ2v) is 9.76. The number of nitrogens with zero attached hydrogens (tertiary/aromatic N) is 1. The number of aliphatic hydroxyl groups is 2. The van der Waals surface area contributed by atoms with Crippen LogP contribution in [0.3, 0.4) is 0 Å². The van der Waals surface area contributed by atoms with Crippen molar-refractivity contribution in [2.45, 2.75) is 76.9 Å². The Kier molecular flexibility index (Phi) is 9.64. The fourth-order valence-electron chi connectivity index (χ4n) is 5.45. The molecule has 2 aliphatic rings. The van der Waals surface area contributed by atoms with E-state index < -0.39 is 0 Å². The molecule has 4 heteroatoms. The maximum atomic E-state index is 9.89. The van der Waals surface area contributed by atoms with Crippen LogP contribution >= 0.6 is 0 Å². The Bertz CT molecular complexity index is 1010. The fraction of sp³-hybridized carbons (Fsp3) is 0.483. The van der Waals surface area contributed by atoms with Crippen molar-refractivity contribution in [1.29, 1.82) is 0 Å². The zero-order valence-electron chi connectivity index (χ0n) is 19.7. The first-order valence-electron chi connectivity index (χ1n) is 12.3. The van der Waals surface area contributed by atoms with Gasteiger partial charge < -0.3 is 15.2 Å². The Morgan fingerprint density at radius 3 is 2.36 bits per heavy atom. The van der Waals surface area contributed by atoms with E-state index >= 15 is 0 Å². The molecule has 179 valence electrons. The van der Waals surface area contributed by atoms with E-state index in [1.165, 1.54) is 35.6 Å². The minimum atomic E-state index is -0.234. The molecule has 5 rings (SSSR count). The molecular formula is C29H36IrNO2-. The van der Waals surface area contributed by atoms with Gasteiger partial charge in [0.1, 0.15) is 0 Å². The molecule has 2 N–H and O–H groups in total. The zero-order chi connectivity index (χ0) is 22.5. The molecule has 3 aromatic rings. The molecule has 2 aliphatic carbocycles. The van der Waals surface area contributed by atoms with Crippen LogP contribution in [0, 0.1) is 17.9 Å². The third-order valence-corrected chi connectivity index (χ3v) is 7.25. The quantitative estimate of drug-likeness (QED) is 0.320. The molecule has 33 heavy (non-hydrogen) atoms. The number of aromatic nitrogens is 1. The number of benzene rings is 2. The Morgan fingerprint density at radius 1 is 0.909 bits per heavy atom. The molecule has 2 fully saturated rings. The van der Waals surface area contributed by atoms with Crippen molar-refractivity contribution in [1.82, 2.24) is 4.98 Å². The first-order chi connectivity index (χ1) is 15.5. The molecule has 1 aromatic heterocycles. The van der Waals surface area contributed by atoms with E-state index in [0.717, 1.165) is 36.9 Å². The van der Waals surface area contributed by atoms with Crippen LogP contribution in [0.5, 0.6) is 0 Å². The summed E-state index contributed by atoms with van der Waals surface area (Å²) in [7, 11) is 0. The van der Waals surface area contributed by atoms with Crippen molar-refractivity contribution < 1.29 is 30.3 Å². The van der Waals surface area contributed by atoms with E-state index in [2.05, 4.69) is 55.2 Å². The molecule has 3 nitrogen and oxygen atoms in total. The average Bonchev–Trinajstić information content (AvgIpc) is 3.01. The van der Waals surface area contributed by atoms with Crippen LogP contribution in [0.25, 0.3) is 22.0 Å². The number of pyridine rings is 1. The maximum absolute atomic E-state index is 9.89. The van der Waals surface area contributed by atoms with Gasteiger partial charge in [0, 0.05) is 32.2 Å². The van der Waals surface area contributed by atoms with Crippen LogP contribution in [0.4, 0.5) is 0 Å². The average molecular weight is 623 g/mol. The summed E-state index contributed by atoms with van der Waals surface area (Å²) in [6.07, 6.45) is 9.18. The minimum absolute atomic E-state index is 0. The predicted molar refractivity (Wildman–Crippen MR) is 131 cm³/mol. The molecule has 0 amide bonds. The van der Waals surface area contributed by atoms with E-state index in [9.17, 15) is 10.2 Å². The van der Waals surface area contributed by atoms with Gasteiger partial charge in [0.2, 0.25) is 0 Å². The van der Waals surface area contributed by atoms with Gasteiger partial charge in [-0.25, -0.2) is 0 Å². The van der Waals surface area contributed by atoms with E-state index in [1.54, 1.807) is 0 Å². The molecule has 0 aliphatic heterocycles. The van der Waals surface area contributed by atoms with Gasteiger partial charge >= 0.3 is 0 Å². The van der Waals surface area contributed by atoms with Gasteiger partial charge in [0.25, 0.3) is 0 Å². The summed E-state index contributed by atoms with van der Waals surface area (Å²) >= 11 is 0. The second kappa shape index (κ2) is 12.2. The number of rotatable bonds is 2. The Hall–Kier alpha value is -1.58. The van der Waals surface area contributed by atoms with E-state index in [-0.39, 0.29) is 38.2 Å². The smallest absolute Gasteiger partial charge is 0.0595 e. The molecule has 1 radical (unpaired) electrons. The van der Waals surface area contributed by atoms with Gasteiger partial charge in [-0.05, 0) is 65.6 Å². The van der Waals surface area contributed by atoms with Gasteiger partial charge in [0.15, 0.2) is 0 Å². The summed E-state index contributed by atoms with van der Waals surface area (Å²) in [4.78, 5) is 4.55. The van der Waals surface area contributed by atoms with E-state index in [1.807, 2.05) is 24.4 Å². The normalized spacial score (nSPS) is 24.8. The molecule has 1 heterocycles. The molecule has 0 bridgehead atoms. The number of aliphatic hydroxyl groups excluding tert-OH is 2. The number of hydrogen-bond donors (Lipinski definition) is 2. The van der Waals surface area contributed by atoms with Gasteiger partial charge in [-0.15, -0.1) is 35.9 Å². The maximum Gasteiger partial charge on any atom is 0.0595 e. The summed E-state index contributed by atoms with van der Waals surface area (Å²) in [5.74, 6) is 1.31. The van der Waals surface area contributed by atoms with Crippen molar-refractivity contribution >= 4 is 10.8 Å². The Morgan fingerprint density at radius 2 is 1.64 bits per heavy atom. The molecule has 4 atom stereocenters. The van der Waals surface area contributed by atoms with Crippen molar-refractivity contribution in [2.24, 2.45) is 11.8 Å². The SMILES string of the molecule is CC(C)c1ccc2ccnc(-c3[c-]cccc3)c2c1.OC1CCCCC2CCCC(O)C12.[Ir]. The summed E-state index contributed by atoms with van der Waals surface area (Å²) in [6.45, 7) is 4.43. The topological polar surface area (TPSA) is 53.4 Å². The van der Waals surface area contributed by atoms with Crippen molar-refractivity contribution in [3.8, 4) is 11.3 Å². The predicted octanol–water partition coefficient (Wildman–Crippen LogP) is 6.52.